The summed E-state index contributed by atoms with van der Waals surface area (Å²) in [5.41, 5.74) is 3.50. The Morgan fingerprint density at radius 3 is 2.22 bits per heavy atom. The Kier molecular flexibility index (Phi) is 9.50. The van der Waals surface area contributed by atoms with Gasteiger partial charge < -0.3 is 10.2 Å². The fraction of sp³-hybridized carbons (Fsp3) is 0.481. The van der Waals surface area contributed by atoms with Gasteiger partial charge in [-0.3, -0.25) is 9.59 Å². The van der Waals surface area contributed by atoms with Crippen LogP contribution in [-0.4, -0.2) is 29.3 Å². The standard InChI is InChI=1S/C27H37BrN2O2/c1-19(2)17-29-26(32)20(3)30(18-22-8-7-9-24(28)16-22)25(31)15-12-21-10-13-23(14-11-21)27(4,5)6/h7-11,13-14,16,19-20H,12,15,17-18H2,1-6H3,(H,29,32)/t20-/m1/s1. The van der Waals surface area contributed by atoms with Crippen molar-refractivity contribution in [2.75, 3.05) is 6.54 Å². The van der Waals surface area contributed by atoms with Crippen LogP contribution >= 0.6 is 15.9 Å². The van der Waals surface area contributed by atoms with E-state index in [0.29, 0.717) is 31.8 Å². The molecule has 2 rings (SSSR count). The van der Waals surface area contributed by atoms with E-state index in [1.807, 2.05) is 31.2 Å². The van der Waals surface area contributed by atoms with Crippen LogP contribution in [0, 0.1) is 5.92 Å². The van der Waals surface area contributed by atoms with E-state index >= 15 is 0 Å². The van der Waals surface area contributed by atoms with Gasteiger partial charge in [-0.15, -0.1) is 0 Å². The normalized spacial score (nSPS) is 12.5. The molecule has 5 heteroatoms. The predicted molar refractivity (Wildman–Crippen MR) is 135 cm³/mol. The zero-order valence-electron chi connectivity index (χ0n) is 20.2. The van der Waals surface area contributed by atoms with E-state index in [2.05, 4.69) is 80.1 Å². The minimum Gasteiger partial charge on any atom is -0.354 e. The SMILES string of the molecule is CC(C)CNC(=O)[C@@H](C)N(Cc1cccc(Br)c1)C(=O)CCc1ccc(C(C)(C)C)cc1. The van der Waals surface area contributed by atoms with E-state index in [0.717, 1.165) is 15.6 Å². The smallest absolute Gasteiger partial charge is 0.242 e. The highest BCUT2D eigenvalue weighted by atomic mass is 79.9. The second-order valence-electron chi connectivity index (χ2n) is 9.91. The summed E-state index contributed by atoms with van der Waals surface area (Å²) in [6.45, 7) is 13.5. The number of halogens is 1. The van der Waals surface area contributed by atoms with Gasteiger partial charge in [0.25, 0.3) is 0 Å². The first-order valence-electron chi connectivity index (χ1n) is 11.4. The van der Waals surface area contributed by atoms with Crippen molar-refractivity contribution in [1.29, 1.82) is 0 Å². The number of carbonyl (C=O) groups excluding carboxylic acids is 2. The first-order chi connectivity index (χ1) is 15.0. The number of nitrogens with one attached hydrogen (secondary N) is 1. The van der Waals surface area contributed by atoms with Crippen LogP contribution in [0.25, 0.3) is 0 Å². The van der Waals surface area contributed by atoms with Crippen molar-refractivity contribution in [3.05, 3.63) is 69.7 Å². The van der Waals surface area contributed by atoms with Gasteiger partial charge in [-0.2, -0.15) is 0 Å². The monoisotopic (exact) mass is 500 g/mol. The number of rotatable bonds is 9. The van der Waals surface area contributed by atoms with Gasteiger partial charge in [0.1, 0.15) is 6.04 Å². The van der Waals surface area contributed by atoms with E-state index < -0.39 is 6.04 Å². The molecule has 0 unspecified atom stereocenters. The molecule has 0 aliphatic carbocycles. The molecule has 0 saturated carbocycles. The molecule has 174 valence electrons. The van der Waals surface area contributed by atoms with Gasteiger partial charge in [0, 0.05) is 24.0 Å². The molecule has 0 radical (unpaired) electrons. The number of benzene rings is 2. The first kappa shape index (κ1) is 26.1. The van der Waals surface area contributed by atoms with Gasteiger partial charge in [0.15, 0.2) is 0 Å². The summed E-state index contributed by atoms with van der Waals surface area (Å²) >= 11 is 3.49. The Labute approximate surface area is 201 Å². The van der Waals surface area contributed by atoms with Crippen LogP contribution < -0.4 is 5.32 Å². The number of hydrogen-bond acceptors (Lipinski definition) is 2. The maximum absolute atomic E-state index is 13.3. The van der Waals surface area contributed by atoms with Crippen LogP contribution in [0.4, 0.5) is 0 Å². The van der Waals surface area contributed by atoms with Gasteiger partial charge in [0.05, 0.1) is 0 Å². The van der Waals surface area contributed by atoms with Crippen LogP contribution in [0.5, 0.6) is 0 Å². The van der Waals surface area contributed by atoms with E-state index in [-0.39, 0.29) is 17.2 Å². The summed E-state index contributed by atoms with van der Waals surface area (Å²) in [5, 5.41) is 2.97. The van der Waals surface area contributed by atoms with Crippen LogP contribution in [0.1, 0.15) is 64.7 Å². The quantitative estimate of drug-likeness (QED) is 0.467. The number of carbonyl (C=O) groups is 2. The third kappa shape index (κ3) is 8.09. The molecule has 0 spiro atoms. The second kappa shape index (κ2) is 11.6. The molecule has 0 aliphatic rings. The summed E-state index contributed by atoms with van der Waals surface area (Å²) in [4.78, 5) is 27.7. The number of amides is 2. The van der Waals surface area contributed by atoms with Crippen molar-refractivity contribution < 1.29 is 9.59 Å². The molecular formula is C27H37BrN2O2. The molecular weight excluding hydrogens is 464 g/mol. The molecule has 0 saturated heterocycles. The lowest BCUT2D eigenvalue weighted by atomic mass is 9.86. The summed E-state index contributed by atoms with van der Waals surface area (Å²) in [6, 6.07) is 15.8. The lowest BCUT2D eigenvalue weighted by molar-refractivity contribution is -0.140. The molecule has 1 N–H and O–H groups in total. The second-order valence-corrected chi connectivity index (χ2v) is 10.8. The topological polar surface area (TPSA) is 49.4 Å². The minimum atomic E-state index is -0.538. The van der Waals surface area contributed by atoms with E-state index in [1.54, 1.807) is 4.90 Å². The van der Waals surface area contributed by atoms with Crippen molar-refractivity contribution >= 4 is 27.7 Å². The van der Waals surface area contributed by atoms with Crippen molar-refractivity contribution in [1.82, 2.24) is 10.2 Å². The Bertz CT molecular complexity index is 901. The van der Waals surface area contributed by atoms with Gasteiger partial charge in [-0.25, -0.2) is 0 Å². The zero-order valence-corrected chi connectivity index (χ0v) is 21.8. The highest BCUT2D eigenvalue weighted by molar-refractivity contribution is 9.10. The fourth-order valence-electron chi connectivity index (χ4n) is 3.43. The Balaban J connectivity index is 2.12. The largest absolute Gasteiger partial charge is 0.354 e. The predicted octanol–water partition coefficient (Wildman–Crippen LogP) is 5.87. The molecule has 32 heavy (non-hydrogen) atoms. The molecule has 0 heterocycles. The van der Waals surface area contributed by atoms with Crippen LogP contribution in [-0.2, 0) is 28.0 Å². The van der Waals surface area contributed by atoms with E-state index in [9.17, 15) is 9.59 Å². The van der Waals surface area contributed by atoms with Crippen LogP contribution in [0.15, 0.2) is 53.0 Å². The summed E-state index contributed by atoms with van der Waals surface area (Å²) < 4.78 is 0.957. The zero-order chi connectivity index (χ0) is 23.9. The van der Waals surface area contributed by atoms with Gasteiger partial charge in [-0.05, 0) is 53.5 Å². The minimum absolute atomic E-state index is 0.0166. The maximum atomic E-state index is 13.3. The van der Waals surface area contributed by atoms with Crippen molar-refractivity contribution in [2.24, 2.45) is 5.92 Å². The third-order valence-corrected chi connectivity index (χ3v) is 6.03. The molecule has 1 atom stereocenters. The highest BCUT2D eigenvalue weighted by Crippen LogP contribution is 2.23. The van der Waals surface area contributed by atoms with E-state index in [4.69, 9.17) is 0 Å². The molecule has 0 aromatic heterocycles. The summed E-state index contributed by atoms with van der Waals surface area (Å²) in [7, 11) is 0. The third-order valence-electron chi connectivity index (χ3n) is 5.54. The molecule has 0 bridgehead atoms. The van der Waals surface area contributed by atoms with E-state index in [1.165, 1.54) is 5.56 Å². The highest BCUT2D eigenvalue weighted by Gasteiger charge is 2.26. The summed E-state index contributed by atoms with van der Waals surface area (Å²) in [5.74, 6) is 0.227. The number of hydrogen-bond donors (Lipinski definition) is 1. The van der Waals surface area contributed by atoms with Crippen molar-refractivity contribution in [3.63, 3.8) is 0 Å². The molecule has 2 amide bonds. The molecule has 2 aromatic rings. The Hall–Kier alpha value is -2.14. The van der Waals surface area contributed by atoms with Crippen LogP contribution in [0.3, 0.4) is 0 Å². The summed E-state index contributed by atoms with van der Waals surface area (Å²) in [6.07, 6.45) is 1.02. The fourth-order valence-corrected chi connectivity index (χ4v) is 3.88. The number of aryl methyl sites for hydroxylation is 1. The van der Waals surface area contributed by atoms with Gasteiger partial charge in [-0.1, -0.05) is 86.9 Å². The molecule has 0 aliphatic heterocycles. The molecule has 0 fully saturated rings. The van der Waals surface area contributed by atoms with Gasteiger partial charge in [0.2, 0.25) is 11.8 Å². The average molecular weight is 502 g/mol. The van der Waals surface area contributed by atoms with Crippen LogP contribution in [0.2, 0.25) is 0 Å². The first-order valence-corrected chi connectivity index (χ1v) is 12.2. The van der Waals surface area contributed by atoms with Crippen molar-refractivity contribution in [3.8, 4) is 0 Å². The van der Waals surface area contributed by atoms with Gasteiger partial charge >= 0.3 is 0 Å². The number of nitrogens with zero attached hydrogens (tertiary/aromatic N) is 1. The molecule has 4 nitrogen and oxygen atoms in total. The lowest BCUT2D eigenvalue weighted by Crippen LogP contribution is -2.48. The molecule has 2 aromatic carbocycles. The average Bonchev–Trinajstić information content (AvgIpc) is 2.73. The Morgan fingerprint density at radius 1 is 1.00 bits per heavy atom. The lowest BCUT2D eigenvalue weighted by Gasteiger charge is -2.29. The maximum Gasteiger partial charge on any atom is 0.242 e. The Morgan fingerprint density at radius 2 is 1.66 bits per heavy atom. The van der Waals surface area contributed by atoms with Crippen molar-refractivity contribution in [2.45, 2.75) is 72.4 Å².